The van der Waals surface area contributed by atoms with Crippen molar-refractivity contribution in [3.63, 3.8) is 0 Å². The molecule has 1 aromatic rings. The van der Waals surface area contributed by atoms with E-state index < -0.39 is 11.3 Å². The van der Waals surface area contributed by atoms with E-state index in [0.717, 1.165) is 5.56 Å². The van der Waals surface area contributed by atoms with Crippen molar-refractivity contribution in [3.8, 4) is 0 Å². The third-order valence-electron chi connectivity index (χ3n) is 4.22. The van der Waals surface area contributed by atoms with Gasteiger partial charge in [-0.15, -0.1) is 0 Å². The summed E-state index contributed by atoms with van der Waals surface area (Å²) < 4.78 is 26.4. The summed E-state index contributed by atoms with van der Waals surface area (Å²) in [5.41, 5.74) is 0.244. The van der Waals surface area contributed by atoms with Crippen LogP contribution in [0.1, 0.15) is 24.8 Å². The van der Waals surface area contributed by atoms with Gasteiger partial charge in [-0.25, -0.2) is 8.78 Å². The largest absolute Gasteiger partial charge is 0.342 e. The van der Waals surface area contributed by atoms with E-state index in [-0.39, 0.29) is 12.3 Å². The predicted molar refractivity (Wildman–Crippen MR) is 65.8 cm³/mol. The Hall–Kier alpha value is -0.970. The third kappa shape index (κ3) is 1.94. The van der Waals surface area contributed by atoms with Gasteiger partial charge in [-0.2, -0.15) is 11.3 Å². The van der Waals surface area contributed by atoms with Gasteiger partial charge >= 0.3 is 0 Å². The zero-order chi connectivity index (χ0) is 12.8. The summed E-state index contributed by atoms with van der Waals surface area (Å²) in [7, 11) is 0. The number of piperidine rings is 1. The number of hydrogen-bond acceptors (Lipinski definition) is 2. The highest BCUT2D eigenvalue weighted by Gasteiger charge is 2.70. The third-order valence-corrected chi connectivity index (χ3v) is 4.95. The number of carbonyl (C=O) groups is 1. The van der Waals surface area contributed by atoms with Crippen LogP contribution in [0.4, 0.5) is 8.78 Å². The number of thiophene rings is 1. The van der Waals surface area contributed by atoms with Crippen LogP contribution in [0.25, 0.3) is 0 Å². The first-order valence-corrected chi connectivity index (χ1v) is 7.13. The van der Waals surface area contributed by atoms with Crippen molar-refractivity contribution < 1.29 is 13.6 Å². The molecule has 2 aliphatic rings. The highest BCUT2D eigenvalue weighted by atomic mass is 32.1. The zero-order valence-electron chi connectivity index (χ0n) is 9.99. The van der Waals surface area contributed by atoms with Crippen molar-refractivity contribution in [1.29, 1.82) is 0 Å². The second kappa shape index (κ2) is 4.02. The van der Waals surface area contributed by atoms with Gasteiger partial charge in [0.15, 0.2) is 0 Å². The summed E-state index contributed by atoms with van der Waals surface area (Å²) in [6.45, 7) is 0.969. The predicted octanol–water partition coefficient (Wildman–Crippen LogP) is 2.94. The molecule has 0 bridgehead atoms. The molecule has 1 saturated heterocycles. The summed E-state index contributed by atoms with van der Waals surface area (Å²) in [6, 6.07) is 1.93. The number of amides is 1. The van der Waals surface area contributed by atoms with Gasteiger partial charge in [0.2, 0.25) is 5.91 Å². The zero-order valence-corrected chi connectivity index (χ0v) is 10.8. The van der Waals surface area contributed by atoms with Gasteiger partial charge in [-0.1, -0.05) is 0 Å². The highest BCUT2D eigenvalue weighted by Crippen LogP contribution is 2.65. The quantitative estimate of drug-likeness (QED) is 0.810. The first kappa shape index (κ1) is 12.1. The van der Waals surface area contributed by atoms with E-state index in [0.29, 0.717) is 32.4 Å². The minimum Gasteiger partial charge on any atom is -0.342 e. The molecule has 3 rings (SSSR count). The lowest BCUT2D eigenvalue weighted by molar-refractivity contribution is -0.132. The van der Waals surface area contributed by atoms with Crippen molar-refractivity contribution in [2.75, 3.05) is 13.1 Å². The van der Waals surface area contributed by atoms with E-state index in [1.54, 1.807) is 16.2 Å². The maximum atomic E-state index is 13.2. The minimum absolute atomic E-state index is 0.0204. The van der Waals surface area contributed by atoms with Crippen LogP contribution in [0.15, 0.2) is 16.8 Å². The van der Waals surface area contributed by atoms with Crippen molar-refractivity contribution in [1.82, 2.24) is 4.90 Å². The van der Waals surface area contributed by atoms with E-state index >= 15 is 0 Å². The molecule has 18 heavy (non-hydrogen) atoms. The number of nitrogens with zero attached hydrogens (tertiary/aromatic N) is 1. The number of halogens is 2. The Kier molecular flexibility index (Phi) is 2.70. The SMILES string of the molecule is O=C(Cc1ccsc1)N1CCC2(CC1)CC2(F)F. The van der Waals surface area contributed by atoms with Gasteiger partial charge in [-0.3, -0.25) is 4.79 Å². The molecule has 98 valence electrons. The minimum atomic E-state index is -2.48. The molecule has 1 aliphatic heterocycles. The monoisotopic (exact) mass is 271 g/mol. The Labute approximate surface area is 109 Å². The first-order chi connectivity index (χ1) is 8.52. The molecule has 1 aromatic heterocycles. The molecule has 1 spiro atoms. The van der Waals surface area contributed by atoms with Gasteiger partial charge in [0, 0.05) is 24.9 Å². The summed E-state index contributed by atoms with van der Waals surface area (Å²) in [5.74, 6) is -2.41. The van der Waals surface area contributed by atoms with Crippen molar-refractivity contribution in [3.05, 3.63) is 22.4 Å². The lowest BCUT2D eigenvalue weighted by atomic mass is 9.92. The Morgan fingerprint density at radius 3 is 2.56 bits per heavy atom. The fraction of sp³-hybridized carbons (Fsp3) is 0.615. The molecule has 1 amide bonds. The lowest BCUT2D eigenvalue weighted by Gasteiger charge is -2.32. The van der Waals surface area contributed by atoms with Crippen LogP contribution in [-0.2, 0) is 11.2 Å². The van der Waals surface area contributed by atoms with Crippen molar-refractivity contribution in [2.45, 2.75) is 31.6 Å². The summed E-state index contributed by atoms with van der Waals surface area (Å²) in [4.78, 5) is 13.7. The van der Waals surface area contributed by atoms with Crippen LogP contribution in [0.5, 0.6) is 0 Å². The second-order valence-corrected chi connectivity index (χ2v) is 6.13. The smallest absolute Gasteiger partial charge is 0.254 e. The van der Waals surface area contributed by atoms with E-state index in [4.69, 9.17) is 0 Å². The molecule has 0 unspecified atom stereocenters. The van der Waals surface area contributed by atoms with E-state index in [9.17, 15) is 13.6 Å². The van der Waals surface area contributed by atoms with Gasteiger partial charge < -0.3 is 4.90 Å². The average Bonchev–Trinajstić information content (AvgIpc) is 2.69. The Morgan fingerprint density at radius 1 is 1.39 bits per heavy atom. The van der Waals surface area contributed by atoms with Crippen LogP contribution < -0.4 is 0 Å². The molecule has 0 radical (unpaired) electrons. The normalized spacial score (nSPS) is 24.2. The molecule has 0 N–H and O–H groups in total. The fourth-order valence-electron chi connectivity index (χ4n) is 2.79. The molecular formula is C13H15F2NOS. The van der Waals surface area contributed by atoms with Gasteiger partial charge in [0.25, 0.3) is 5.92 Å². The van der Waals surface area contributed by atoms with Gasteiger partial charge in [0.1, 0.15) is 0 Å². The van der Waals surface area contributed by atoms with Crippen LogP contribution in [0.3, 0.4) is 0 Å². The van der Waals surface area contributed by atoms with Crippen LogP contribution in [-0.4, -0.2) is 29.8 Å². The fourth-order valence-corrected chi connectivity index (χ4v) is 3.46. The number of hydrogen-bond donors (Lipinski definition) is 0. The molecule has 0 atom stereocenters. The van der Waals surface area contributed by atoms with Crippen molar-refractivity contribution in [2.24, 2.45) is 5.41 Å². The highest BCUT2D eigenvalue weighted by molar-refractivity contribution is 7.07. The average molecular weight is 271 g/mol. The molecule has 2 nitrogen and oxygen atoms in total. The van der Waals surface area contributed by atoms with Crippen LogP contribution in [0.2, 0.25) is 0 Å². The topological polar surface area (TPSA) is 20.3 Å². The Balaban J connectivity index is 1.55. The number of rotatable bonds is 2. The lowest BCUT2D eigenvalue weighted by Crippen LogP contribution is -2.41. The summed E-state index contributed by atoms with van der Waals surface area (Å²) in [5, 5.41) is 3.90. The molecule has 2 fully saturated rings. The maximum absolute atomic E-state index is 13.2. The number of likely N-dealkylation sites (tertiary alicyclic amines) is 1. The summed E-state index contributed by atoms with van der Waals surface area (Å²) in [6.07, 6.45) is 1.32. The van der Waals surface area contributed by atoms with Crippen molar-refractivity contribution >= 4 is 17.2 Å². The van der Waals surface area contributed by atoms with Crippen LogP contribution in [0, 0.1) is 5.41 Å². The molecule has 1 saturated carbocycles. The van der Waals surface area contributed by atoms with Crippen LogP contribution >= 0.6 is 11.3 Å². The van der Waals surface area contributed by atoms with E-state index in [1.807, 2.05) is 16.8 Å². The molecule has 5 heteroatoms. The Morgan fingerprint density at radius 2 is 2.06 bits per heavy atom. The number of alkyl halides is 2. The van der Waals surface area contributed by atoms with Gasteiger partial charge in [-0.05, 0) is 35.2 Å². The van der Waals surface area contributed by atoms with E-state index in [2.05, 4.69) is 0 Å². The molecule has 2 heterocycles. The van der Waals surface area contributed by atoms with E-state index in [1.165, 1.54) is 0 Å². The standard InChI is InChI=1S/C13H15F2NOS/c14-13(15)9-12(13)2-4-16(5-3-12)11(17)7-10-1-6-18-8-10/h1,6,8H,2-5,7,9H2. The summed E-state index contributed by atoms with van der Waals surface area (Å²) >= 11 is 1.57. The molecule has 1 aliphatic carbocycles. The number of carbonyl (C=O) groups excluding carboxylic acids is 1. The maximum Gasteiger partial charge on any atom is 0.254 e. The first-order valence-electron chi connectivity index (χ1n) is 6.19. The molecule has 0 aromatic carbocycles. The second-order valence-electron chi connectivity index (χ2n) is 5.35. The van der Waals surface area contributed by atoms with Gasteiger partial charge in [0.05, 0.1) is 6.42 Å². The Bertz CT molecular complexity index is 450. The molecular weight excluding hydrogens is 256 g/mol.